The van der Waals surface area contributed by atoms with E-state index in [4.69, 9.17) is 9.47 Å². The van der Waals surface area contributed by atoms with E-state index in [1.165, 1.54) is 84.2 Å². The Balaban J connectivity index is 1.87. The maximum atomic E-state index is 12.6. The normalized spacial score (nSPS) is 15.5. The number of ether oxygens (including phenoxy) is 2. The van der Waals surface area contributed by atoms with Crippen LogP contribution >= 0.6 is 0 Å². The number of carbonyl (C=O) groups excluding carboxylic acids is 2. The Morgan fingerprint density at radius 2 is 1.46 bits per heavy atom. The summed E-state index contributed by atoms with van der Waals surface area (Å²) in [6, 6.07) is 4.97. The number of unbranched alkanes of at least 4 members (excludes halogenated alkanes) is 12. The molecule has 2 rings (SSSR count). The van der Waals surface area contributed by atoms with Crippen LogP contribution in [0.4, 0.5) is 4.79 Å². The lowest BCUT2D eigenvalue weighted by atomic mass is 9.89. The Morgan fingerprint density at radius 1 is 0.886 bits per heavy atom. The molecule has 6 nitrogen and oxygen atoms in total. The molecule has 1 aromatic rings. The third-order valence-corrected chi connectivity index (χ3v) is 6.89. The number of urea groups is 1. The van der Waals surface area contributed by atoms with E-state index in [0.29, 0.717) is 17.0 Å². The first kappa shape index (κ1) is 28.7. The molecule has 2 amide bonds. The van der Waals surface area contributed by atoms with Gasteiger partial charge in [-0.3, -0.25) is 0 Å². The Kier molecular flexibility index (Phi) is 13.3. The van der Waals surface area contributed by atoms with Crippen molar-refractivity contribution in [1.29, 1.82) is 0 Å². The summed E-state index contributed by atoms with van der Waals surface area (Å²) in [7, 11) is 2.97. The number of carbonyl (C=O) groups is 2. The number of amides is 2. The molecule has 1 aliphatic heterocycles. The second-order valence-corrected chi connectivity index (χ2v) is 9.59. The highest BCUT2D eigenvalue weighted by molar-refractivity contribution is 5.95. The van der Waals surface area contributed by atoms with Crippen LogP contribution in [-0.2, 0) is 16.0 Å². The van der Waals surface area contributed by atoms with Crippen LogP contribution in [0.2, 0.25) is 0 Å². The van der Waals surface area contributed by atoms with Crippen LogP contribution in [0.3, 0.4) is 0 Å². The molecule has 2 N–H and O–H groups in total. The molecular weight excluding hydrogens is 440 g/mol. The van der Waals surface area contributed by atoms with Crippen LogP contribution < -0.4 is 15.4 Å². The van der Waals surface area contributed by atoms with Crippen LogP contribution in [-0.4, -0.2) is 26.2 Å². The fourth-order valence-electron chi connectivity index (χ4n) is 4.94. The fourth-order valence-corrected chi connectivity index (χ4v) is 4.94. The smallest absolute Gasteiger partial charge is 0.337 e. The second kappa shape index (κ2) is 16.2. The van der Waals surface area contributed by atoms with E-state index in [1.807, 2.05) is 12.1 Å². The first-order chi connectivity index (χ1) is 17.0. The van der Waals surface area contributed by atoms with Gasteiger partial charge in [0, 0.05) is 11.3 Å². The van der Waals surface area contributed by atoms with E-state index in [1.54, 1.807) is 14.0 Å². The Bertz CT molecular complexity index is 834. The van der Waals surface area contributed by atoms with Crippen molar-refractivity contribution in [2.75, 3.05) is 14.2 Å². The van der Waals surface area contributed by atoms with Crippen LogP contribution in [0.1, 0.15) is 114 Å². The number of esters is 1. The zero-order valence-electron chi connectivity index (χ0n) is 22.3. The second-order valence-electron chi connectivity index (χ2n) is 9.59. The average Bonchev–Trinajstić information content (AvgIpc) is 2.85. The molecule has 1 atom stereocenters. The third-order valence-electron chi connectivity index (χ3n) is 6.89. The van der Waals surface area contributed by atoms with Gasteiger partial charge in [0.25, 0.3) is 0 Å². The van der Waals surface area contributed by atoms with Gasteiger partial charge in [-0.25, -0.2) is 9.59 Å². The van der Waals surface area contributed by atoms with Crippen molar-refractivity contribution < 1.29 is 19.1 Å². The van der Waals surface area contributed by atoms with Crippen molar-refractivity contribution >= 4 is 12.0 Å². The zero-order valence-corrected chi connectivity index (χ0v) is 22.3. The summed E-state index contributed by atoms with van der Waals surface area (Å²) in [6.07, 6.45) is 18.0. The Morgan fingerprint density at radius 3 is 2.00 bits per heavy atom. The average molecular weight is 487 g/mol. The van der Waals surface area contributed by atoms with Crippen molar-refractivity contribution in [3.63, 3.8) is 0 Å². The zero-order chi connectivity index (χ0) is 25.5. The number of rotatable bonds is 17. The van der Waals surface area contributed by atoms with E-state index < -0.39 is 12.0 Å². The topological polar surface area (TPSA) is 76.7 Å². The lowest BCUT2D eigenvalue weighted by Gasteiger charge is -2.30. The van der Waals surface area contributed by atoms with Gasteiger partial charge in [-0.15, -0.1) is 0 Å². The third kappa shape index (κ3) is 9.23. The molecule has 1 heterocycles. The number of hydrogen-bond acceptors (Lipinski definition) is 4. The van der Waals surface area contributed by atoms with Crippen LogP contribution in [0.25, 0.3) is 0 Å². The number of hydrogen-bond donors (Lipinski definition) is 2. The lowest BCUT2D eigenvalue weighted by Crippen LogP contribution is -2.45. The number of nitrogens with one attached hydrogen (secondary N) is 2. The summed E-state index contributed by atoms with van der Waals surface area (Å²) in [5, 5.41) is 5.59. The first-order valence-corrected chi connectivity index (χ1v) is 13.6. The quantitative estimate of drug-likeness (QED) is 0.181. The van der Waals surface area contributed by atoms with Gasteiger partial charge >= 0.3 is 12.0 Å². The van der Waals surface area contributed by atoms with Gasteiger partial charge in [-0.05, 0) is 31.4 Å². The predicted octanol–water partition coefficient (Wildman–Crippen LogP) is 7.13. The number of aryl methyl sites for hydroxylation is 1. The summed E-state index contributed by atoms with van der Waals surface area (Å²) in [6.45, 7) is 3.99. The highest BCUT2D eigenvalue weighted by Crippen LogP contribution is 2.36. The van der Waals surface area contributed by atoms with E-state index in [-0.39, 0.29) is 6.03 Å². The maximum Gasteiger partial charge on any atom is 0.337 e. The summed E-state index contributed by atoms with van der Waals surface area (Å²) in [5.74, 6) is 0.205. The minimum atomic E-state index is -0.607. The highest BCUT2D eigenvalue weighted by Gasteiger charge is 2.34. The molecule has 35 heavy (non-hydrogen) atoms. The predicted molar refractivity (Wildman–Crippen MR) is 142 cm³/mol. The fraction of sp³-hybridized carbons (Fsp3) is 0.655. The molecule has 0 aliphatic carbocycles. The van der Waals surface area contributed by atoms with E-state index >= 15 is 0 Å². The summed E-state index contributed by atoms with van der Waals surface area (Å²) >= 11 is 0. The molecule has 0 spiro atoms. The number of methoxy groups -OCH3 is 2. The molecular formula is C29H46N2O4. The monoisotopic (exact) mass is 486 g/mol. The molecule has 0 saturated carbocycles. The Labute approximate surface area is 212 Å². The molecule has 196 valence electrons. The number of benzene rings is 1. The van der Waals surface area contributed by atoms with Gasteiger partial charge in [0.05, 0.1) is 25.8 Å². The SMILES string of the molecule is CCCCCCCCCCCCCCCc1cccc(OC)c1C1NC(=O)NC(C)=C1C(=O)OC. The van der Waals surface area contributed by atoms with Gasteiger partial charge < -0.3 is 20.1 Å². The van der Waals surface area contributed by atoms with Crippen LogP contribution in [0, 0.1) is 0 Å². The van der Waals surface area contributed by atoms with Crippen molar-refractivity contribution in [2.45, 2.75) is 110 Å². The van der Waals surface area contributed by atoms with Crippen LogP contribution in [0.5, 0.6) is 5.75 Å². The van der Waals surface area contributed by atoms with E-state index in [0.717, 1.165) is 24.0 Å². The minimum absolute atomic E-state index is 0.335. The summed E-state index contributed by atoms with van der Waals surface area (Å²) in [4.78, 5) is 24.8. The molecule has 0 aromatic heterocycles. The molecule has 0 fully saturated rings. The van der Waals surface area contributed by atoms with Crippen molar-refractivity contribution in [3.05, 3.63) is 40.6 Å². The largest absolute Gasteiger partial charge is 0.496 e. The highest BCUT2D eigenvalue weighted by atomic mass is 16.5. The standard InChI is InChI=1S/C29H46N2O4/c1-5-6-7-8-9-10-11-12-13-14-15-16-17-19-23-20-18-21-24(34-3)26(23)27-25(28(32)35-4)22(2)30-29(33)31-27/h18,20-21,27H,5-17,19H2,1-4H3,(H2,30,31,33). The molecule has 0 radical (unpaired) electrons. The molecule has 0 saturated heterocycles. The van der Waals surface area contributed by atoms with Gasteiger partial charge in [-0.1, -0.05) is 96.1 Å². The molecule has 1 aliphatic rings. The van der Waals surface area contributed by atoms with Crippen LogP contribution in [0.15, 0.2) is 29.5 Å². The molecule has 6 heteroatoms. The lowest BCUT2D eigenvalue weighted by molar-refractivity contribution is -0.136. The first-order valence-electron chi connectivity index (χ1n) is 13.6. The van der Waals surface area contributed by atoms with Gasteiger partial charge in [0.2, 0.25) is 0 Å². The van der Waals surface area contributed by atoms with Crippen molar-refractivity contribution in [3.8, 4) is 5.75 Å². The van der Waals surface area contributed by atoms with E-state index in [9.17, 15) is 9.59 Å². The van der Waals surface area contributed by atoms with Crippen molar-refractivity contribution in [2.24, 2.45) is 0 Å². The van der Waals surface area contributed by atoms with Gasteiger partial charge in [-0.2, -0.15) is 0 Å². The summed E-state index contributed by atoms with van der Waals surface area (Å²) in [5.41, 5.74) is 2.84. The molecule has 1 aromatic carbocycles. The Hall–Kier alpha value is -2.50. The molecule has 1 unspecified atom stereocenters. The van der Waals surface area contributed by atoms with Crippen molar-refractivity contribution in [1.82, 2.24) is 10.6 Å². The molecule has 0 bridgehead atoms. The van der Waals surface area contributed by atoms with Gasteiger partial charge in [0.15, 0.2) is 0 Å². The minimum Gasteiger partial charge on any atom is -0.496 e. The maximum absolute atomic E-state index is 12.6. The van der Waals surface area contributed by atoms with E-state index in [2.05, 4.69) is 23.6 Å². The summed E-state index contributed by atoms with van der Waals surface area (Å²) < 4.78 is 10.7. The van der Waals surface area contributed by atoms with Gasteiger partial charge in [0.1, 0.15) is 5.75 Å². The number of allylic oxidation sites excluding steroid dienone is 1.